The van der Waals surface area contributed by atoms with E-state index in [1.54, 1.807) is 30.9 Å². The number of nitrogens with one attached hydrogen (secondary N) is 2. The van der Waals surface area contributed by atoms with E-state index < -0.39 is 29.8 Å². The van der Waals surface area contributed by atoms with E-state index in [1.807, 2.05) is 23.1 Å². The number of rotatable bonds is 7. The van der Waals surface area contributed by atoms with E-state index in [0.717, 1.165) is 12.1 Å². The molecule has 2 aromatic carbocycles. The van der Waals surface area contributed by atoms with Gasteiger partial charge in [0.1, 0.15) is 0 Å². The van der Waals surface area contributed by atoms with Gasteiger partial charge in [-0.3, -0.25) is 9.80 Å². The molecule has 2 N–H and O–H groups in total. The molecular weight excluding hydrogens is 527 g/mol. The number of carbonyl (C=O) groups is 3. The second-order valence-corrected chi connectivity index (χ2v) is 9.39. The van der Waals surface area contributed by atoms with E-state index in [4.69, 9.17) is 4.74 Å². The minimum absolute atomic E-state index is 0.0879. The van der Waals surface area contributed by atoms with Crippen LogP contribution in [0.4, 0.5) is 28.4 Å². The van der Waals surface area contributed by atoms with Gasteiger partial charge in [-0.2, -0.15) is 13.2 Å². The zero-order valence-electron chi connectivity index (χ0n) is 22.3. The molecular formula is C28H32F3N5O4. The maximum absolute atomic E-state index is 13.2. The van der Waals surface area contributed by atoms with Crippen molar-refractivity contribution in [3.63, 3.8) is 0 Å². The Balaban J connectivity index is 1.57. The van der Waals surface area contributed by atoms with Crippen molar-refractivity contribution < 1.29 is 32.3 Å². The third-order valence-electron chi connectivity index (χ3n) is 6.88. The van der Waals surface area contributed by atoms with Crippen LogP contribution in [-0.2, 0) is 15.7 Å². The summed E-state index contributed by atoms with van der Waals surface area (Å²) >= 11 is 0. The second-order valence-electron chi connectivity index (χ2n) is 9.39. The van der Waals surface area contributed by atoms with E-state index in [0.29, 0.717) is 43.1 Å². The van der Waals surface area contributed by atoms with Gasteiger partial charge in [0, 0.05) is 50.7 Å². The van der Waals surface area contributed by atoms with Crippen molar-refractivity contribution in [2.24, 2.45) is 0 Å². The summed E-state index contributed by atoms with van der Waals surface area (Å²) in [5.74, 6) is -0.651. The fraction of sp³-hybridized carbons (Fsp3) is 0.393. The van der Waals surface area contributed by atoms with Crippen molar-refractivity contribution in [2.75, 3.05) is 51.2 Å². The number of alkyl halides is 3. The lowest BCUT2D eigenvalue weighted by atomic mass is 9.93. The Labute approximate surface area is 230 Å². The Morgan fingerprint density at radius 2 is 1.65 bits per heavy atom. The van der Waals surface area contributed by atoms with Crippen LogP contribution in [-0.4, -0.2) is 78.6 Å². The number of ether oxygens (including phenoxy) is 1. The zero-order chi connectivity index (χ0) is 28.9. The summed E-state index contributed by atoms with van der Waals surface area (Å²) < 4.78 is 44.8. The first-order valence-corrected chi connectivity index (χ1v) is 13.1. The summed E-state index contributed by atoms with van der Waals surface area (Å²) in [6.45, 7) is 5.85. The standard InChI is InChI=1S/C28H32F3N5O4/c1-3-36-22(18-34-14-16-35(17-15-34)26(38)32-21-8-6-5-7-9-21)23(25(37)40-4-2)24(33-27(36)39)19-10-12-20(13-11-19)28(29,30)31/h5-13,24H,3-4,14-18H2,1-2H3,(H,32,38)(H,33,39)/t24-/m1/s1. The van der Waals surface area contributed by atoms with Gasteiger partial charge in [0.2, 0.25) is 0 Å². The number of carbonyl (C=O) groups excluding carboxylic acids is 3. The first-order chi connectivity index (χ1) is 19.1. The molecule has 214 valence electrons. The summed E-state index contributed by atoms with van der Waals surface area (Å²) in [6.07, 6.45) is -4.52. The molecule has 2 aromatic rings. The average Bonchev–Trinajstić information content (AvgIpc) is 2.93. The van der Waals surface area contributed by atoms with Crippen molar-refractivity contribution in [3.8, 4) is 0 Å². The molecule has 1 atom stereocenters. The number of nitrogens with zero attached hydrogens (tertiary/aromatic N) is 3. The highest BCUT2D eigenvalue weighted by atomic mass is 19.4. The Morgan fingerprint density at radius 1 is 1.00 bits per heavy atom. The first-order valence-electron chi connectivity index (χ1n) is 13.1. The largest absolute Gasteiger partial charge is 0.463 e. The van der Waals surface area contributed by atoms with Gasteiger partial charge in [0.15, 0.2) is 0 Å². The van der Waals surface area contributed by atoms with Crippen molar-refractivity contribution in [3.05, 3.63) is 77.0 Å². The van der Waals surface area contributed by atoms with Crippen LogP contribution in [0.25, 0.3) is 0 Å². The third kappa shape index (κ3) is 6.56. The van der Waals surface area contributed by atoms with Crippen LogP contribution in [0.2, 0.25) is 0 Å². The fourth-order valence-electron chi connectivity index (χ4n) is 4.82. The van der Waals surface area contributed by atoms with Crippen LogP contribution in [0.5, 0.6) is 0 Å². The van der Waals surface area contributed by atoms with Crippen LogP contribution in [0.3, 0.4) is 0 Å². The molecule has 2 heterocycles. The molecule has 9 nitrogen and oxygen atoms in total. The van der Waals surface area contributed by atoms with Crippen LogP contribution in [0.1, 0.15) is 31.0 Å². The van der Waals surface area contributed by atoms with E-state index in [-0.39, 0.29) is 31.3 Å². The number of anilines is 1. The number of benzene rings is 2. The van der Waals surface area contributed by atoms with Crippen LogP contribution >= 0.6 is 0 Å². The molecule has 0 aliphatic carbocycles. The monoisotopic (exact) mass is 559 g/mol. The molecule has 40 heavy (non-hydrogen) atoms. The number of urea groups is 2. The predicted molar refractivity (Wildman–Crippen MR) is 142 cm³/mol. The molecule has 0 spiro atoms. The van der Waals surface area contributed by atoms with Gasteiger partial charge in [-0.15, -0.1) is 0 Å². The summed E-state index contributed by atoms with van der Waals surface area (Å²) in [4.78, 5) is 44.2. The zero-order valence-corrected chi connectivity index (χ0v) is 22.3. The molecule has 1 saturated heterocycles. The maximum Gasteiger partial charge on any atom is 0.416 e. The fourth-order valence-corrected chi connectivity index (χ4v) is 4.82. The SMILES string of the molecule is CCOC(=O)C1=C(CN2CCN(C(=O)Nc3ccccc3)CC2)N(CC)C(=O)N[C@@H]1c1ccc(C(F)(F)F)cc1. The summed E-state index contributed by atoms with van der Waals surface area (Å²) in [7, 11) is 0. The van der Waals surface area contributed by atoms with Crippen LogP contribution in [0, 0.1) is 0 Å². The molecule has 0 radical (unpaired) electrons. The Hall–Kier alpha value is -4.06. The van der Waals surface area contributed by atoms with Crippen molar-refractivity contribution >= 4 is 23.7 Å². The highest BCUT2D eigenvalue weighted by Gasteiger charge is 2.39. The maximum atomic E-state index is 13.2. The first kappa shape index (κ1) is 28.9. The van der Waals surface area contributed by atoms with Crippen molar-refractivity contribution in [1.82, 2.24) is 20.0 Å². The number of amides is 4. The van der Waals surface area contributed by atoms with Gasteiger partial charge in [0.05, 0.1) is 23.8 Å². The average molecular weight is 560 g/mol. The second kappa shape index (κ2) is 12.4. The van der Waals surface area contributed by atoms with Gasteiger partial charge < -0.3 is 20.3 Å². The third-order valence-corrected chi connectivity index (χ3v) is 6.88. The number of hydrogen-bond donors (Lipinski definition) is 2. The number of esters is 1. The molecule has 4 amide bonds. The lowest BCUT2D eigenvalue weighted by molar-refractivity contribution is -0.139. The molecule has 0 aromatic heterocycles. The molecule has 1 fully saturated rings. The number of piperazine rings is 1. The molecule has 0 bridgehead atoms. The van der Waals surface area contributed by atoms with Gasteiger partial charge in [-0.25, -0.2) is 14.4 Å². The van der Waals surface area contributed by atoms with E-state index in [9.17, 15) is 27.6 Å². The minimum atomic E-state index is -4.52. The lowest BCUT2D eigenvalue weighted by Gasteiger charge is -2.40. The van der Waals surface area contributed by atoms with Crippen molar-refractivity contribution in [2.45, 2.75) is 26.1 Å². The lowest BCUT2D eigenvalue weighted by Crippen LogP contribution is -2.54. The molecule has 2 aliphatic rings. The van der Waals surface area contributed by atoms with E-state index in [2.05, 4.69) is 10.6 Å². The summed E-state index contributed by atoms with van der Waals surface area (Å²) in [5, 5.41) is 5.63. The Kier molecular flexibility index (Phi) is 8.98. The van der Waals surface area contributed by atoms with E-state index >= 15 is 0 Å². The van der Waals surface area contributed by atoms with E-state index in [1.165, 1.54) is 17.0 Å². The quantitative estimate of drug-likeness (QED) is 0.489. The van der Waals surface area contributed by atoms with Gasteiger partial charge in [-0.1, -0.05) is 30.3 Å². The number of para-hydroxylation sites is 1. The highest BCUT2D eigenvalue weighted by molar-refractivity contribution is 5.95. The molecule has 0 saturated carbocycles. The highest BCUT2D eigenvalue weighted by Crippen LogP contribution is 2.35. The minimum Gasteiger partial charge on any atom is -0.463 e. The Bertz CT molecular complexity index is 1240. The molecule has 12 heteroatoms. The van der Waals surface area contributed by atoms with Gasteiger partial charge in [-0.05, 0) is 43.7 Å². The molecule has 4 rings (SSSR count). The molecule has 0 unspecified atom stereocenters. The van der Waals surface area contributed by atoms with Crippen LogP contribution in [0.15, 0.2) is 65.9 Å². The van der Waals surface area contributed by atoms with Gasteiger partial charge >= 0.3 is 24.2 Å². The van der Waals surface area contributed by atoms with Crippen LogP contribution < -0.4 is 10.6 Å². The van der Waals surface area contributed by atoms with Crippen molar-refractivity contribution in [1.29, 1.82) is 0 Å². The smallest absolute Gasteiger partial charge is 0.416 e. The normalized spacial score (nSPS) is 18.4. The topological polar surface area (TPSA) is 94.2 Å². The number of hydrogen-bond acceptors (Lipinski definition) is 5. The predicted octanol–water partition coefficient (Wildman–Crippen LogP) is 4.46. The number of halogens is 3. The Morgan fingerprint density at radius 3 is 2.23 bits per heavy atom. The molecule has 2 aliphatic heterocycles. The summed E-state index contributed by atoms with van der Waals surface area (Å²) in [5.41, 5.74) is 0.800. The van der Waals surface area contributed by atoms with Gasteiger partial charge in [0.25, 0.3) is 0 Å². The summed E-state index contributed by atoms with van der Waals surface area (Å²) in [6, 6.07) is 11.9. The number of likely N-dealkylation sites (N-methyl/N-ethyl adjacent to an activating group) is 1.